The SMILES string of the molecule is CN(CC1CC(N)C1)C(=O)c1ccc2c(c1)CCC2. The zero-order chi connectivity index (χ0) is 13.4. The van der Waals surface area contributed by atoms with Crippen molar-refractivity contribution in [3.63, 3.8) is 0 Å². The number of benzene rings is 1. The molecule has 1 fully saturated rings. The van der Waals surface area contributed by atoms with Crippen LogP contribution in [0, 0.1) is 5.92 Å². The van der Waals surface area contributed by atoms with Crippen LogP contribution in [0.5, 0.6) is 0 Å². The van der Waals surface area contributed by atoms with Gasteiger partial charge in [-0.15, -0.1) is 0 Å². The van der Waals surface area contributed by atoms with E-state index in [1.165, 1.54) is 24.0 Å². The molecule has 1 saturated carbocycles. The van der Waals surface area contributed by atoms with Crippen LogP contribution in [-0.4, -0.2) is 30.4 Å². The third kappa shape index (κ3) is 2.52. The minimum atomic E-state index is 0.148. The van der Waals surface area contributed by atoms with E-state index in [0.717, 1.165) is 31.4 Å². The molecule has 3 rings (SSSR count). The minimum Gasteiger partial charge on any atom is -0.341 e. The Labute approximate surface area is 114 Å². The summed E-state index contributed by atoms with van der Waals surface area (Å²) >= 11 is 0. The Balaban J connectivity index is 1.66. The van der Waals surface area contributed by atoms with Gasteiger partial charge in [-0.2, -0.15) is 0 Å². The van der Waals surface area contributed by atoms with Crippen molar-refractivity contribution in [3.05, 3.63) is 34.9 Å². The van der Waals surface area contributed by atoms with Gasteiger partial charge in [-0.1, -0.05) is 6.07 Å². The van der Waals surface area contributed by atoms with Crippen LogP contribution in [0.15, 0.2) is 18.2 Å². The number of amides is 1. The normalized spacial score (nSPS) is 24.7. The molecular weight excluding hydrogens is 236 g/mol. The molecule has 0 unspecified atom stereocenters. The van der Waals surface area contributed by atoms with Crippen molar-refractivity contribution in [2.45, 2.75) is 38.1 Å². The molecule has 3 heteroatoms. The van der Waals surface area contributed by atoms with Crippen LogP contribution in [0.2, 0.25) is 0 Å². The molecule has 2 aliphatic rings. The average Bonchev–Trinajstić information content (AvgIpc) is 2.83. The molecule has 19 heavy (non-hydrogen) atoms. The Morgan fingerprint density at radius 1 is 1.32 bits per heavy atom. The molecule has 0 heterocycles. The summed E-state index contributed by atoms with van der Waals surface area (Å²) in [6.07, 6.45) is 5.63. The topological polar surface area (TPSA) is 46.3 Å². The van der Waals surface area contributed by atoms with Crippen LogP contribution in [-0.2, 0) is 12.8 Å². The van der Waals surface area contributed by atoms with Crippen molar-refractivity contribution in [3.8, 4) is 0 Å². The van der Waals surface area contributed by atoms with E-state index < -0.39 is 0 Å². The highest BCUT2D eigenvalue weighted by atomic mass is 16.2. The van der Waals surface area contributed by atoms with Gasteiger partial charge in [0.15, 0.2) is 0 Å². The van der Waals surface area contributed by atoms with Gasteiger partial charge in [0.2, 0.25) is 0 Å². The van der Waals surface area contributed by atoms with Crippen LogP contribution < -0.4 is 5.73 Å². The molecule has 1 aromatic rings. The average molecular weight is 258 g/mol. The van der Waals surface area contributed by atoms with Crippen LogP contribution in [0.25, 0.3) is 0 Å². The zero-order valence-electron chi connectivity index (χ0n) is 11.6. The first-order valence-electron chi connectivity index (χ1n) is 7.26. The molecule has 0 aliphatic heterocycles. The van der Waals surface area contributed by atoms with Crippen LogP contribution in [0.4, 0.5) is 0 Å². The van der Waals surface area contributed by atoms with E-state index in [9.17, 15) is 4.79 Å². The van der Waals surface area contributed by atoms with E-state index in [4.69, 9.17) is 5.73 Å². The summed E-state index contributed by atoms with van der Waals surface area (Å²) in [6, 6.07) is 6.56. The van der Waals surface area contributed by atoms with Gasteiger partial charge in [0.25, 0.3) is 5.91 Å². The standard InChI is InChI=1S/C16H22N2O/c1-18(10-11-7-15(17)8-11)16(19)14-6-5-12-3-2-4-13(12)9-14/h5-6,9,11,15H,2-4,7-8,10,17H2,1H3. The van der Waals surface area contributed by atoms with Crippen molar-refractivity contribution >= 4 is 5.91 Å². The number of carbonyl (C=O) groups is 1. The number of nitrogens with two attached hydrogens (primary N) is 1. The summed E-state index contributed by atoms with van der Waals surface area (Å²) < 4.78 is 0. The predicted octanol–water partition coefficient (Wildman–Crippen LogP) is 1.98. The molecule has 0 atom stereocenters. The maximum absolute atomic E-state index is 12.4. The fraction of sp³-hybridized carbons (Fsp3) is 0.562. The van der Waals surface area contributed by atoms with Crippen LogP contribution in [0.3, 0.4) is 0 Å². The quantitative estimate of drug-likeness (QED) is 0.901. The molecule has 102 valence electrons. The van der Waals surface area contributed by atoms with Crippen molar-refractivity contribution < 1.29 is 4.79 Å². The maximum atomic E-state index is 12.4. The van der Waals surface area contributed by atoms with Gasteiger partial charge in [0.1, 0.15) is 0 Å². The lowest BCUT2D eigenvalue weighted by Gasteiger charge is -2.35. The molecule has 2 N–H and O–H groups in total. The van der Waals surface area contributed by atoms with E-state index in [1.54, 1.807) is 0 Å². The second-order valence-corrected chi connectivity index (χ2v) is 6.12. The fourth-order valence-electron chi connectivity index (χ4n) is 3.33. The lowest BCUT2D eigenvalue weighted by molar-refractivity contribution is 0.0734. The largest absolute Gasteiger partial charge is 0.341 e. The smallest absolute Gasteiger partial charge is 0.253 e. The second kappa shape index (κ2) is 4.97. The Morgan fingerprint density at radius 2 is 2.05 bits per heavy atom. The van der Waals surface area contributed by atoms with Crippen LogP contribution >= 0.6 is 0 Å². The number of hydrogen-bond acceptors (Lipinski definition) is 2. The summed E-state index contributed by atoms with van der Waals surface area (Å²) in [7, 11) is 1.90. The Bertz CT molecular complexity index is 492. The summed E-state index contributed by atoms with van der Waals surface area (Å²) in [5, 5.41) is 0. The maximum Gasteiger partial charge on any atom is 0.253 e. The van der Waals surface area contributed by atoms with Crippen molar-refractivity contribution in [1.82, 2.24) is 4.90 Å². The molecular formula is C16H22N2O. The lowest BCUT2D eigenvalue weighted by Crippen LogP contribution is -2.43. The summed E-state index contributed by atoms with van der Waals surface area (Å²) in [5.74, 6) is 0.744. The van der Waals surface area contributed by atoms with E-state index in [2.05, 4.69) is 12.1 Å². The monoisotopic (exact) mass is 258 g/mol. The van der Waals surface area contributed by atoms with Crippen molar-refractivity contribution in [1.29, 1.82) is 0 Å². The molecule has 0 spiro atoms. The minimum absolute atomic E-state index is 0.148. The summed E-state index contributed by atoms with van der Waals surface area (Å²) in [6.45, 7) is 0.837. The first-order chi connectivity index (χ1) is 9.13. The van der Waals surface area contributed by atoms with Gasteiger partial charge in [0.05, 0.1) is 0 Å². The van der Waals surface area contributed by atoms with Crippen molar-refractivity contribution in [2.24, 2.45) is 11.7 Å². The van der Waals surface area contributed by atoms with Gasteiger partial charge >= 0.3 is 0 Å². The Hall–Kier alpha value is -1.35. The molecule has 0 saturated heterocycles. The highest BCUT2D eigenvalue weighted by molar-refractivity contribution is 5.94. The number of hydrogen-bond donors (Lipinski definition) is 1. The summed E-state index contributed by atoms with van der Waals surface area (Å²) in [5.41, 5.74) is 9.42. The van der Waals surface area contributed by atoms with Gasteiger partial charge in [0, 0.05) is 25.2 Å². The predicted molar refractivity (Wildman–Crippen MR) is 76.1 cm³/mol. The van der Waals surface area contributed by atoms with Gasteiger partial charge in [-0.25, -0.2) is 0 Å². The Kier molecular flexibility index (Phi) is 3.31. The molecule has 0 aromatic heterocycles. The molecule has 2 aliphatic carbocycles. The third-order valence-corrected chi connectivity index (χ3v) is 4.50. The lowest BCUT2D eigenvalue weighted by atomic mass is 9.80. The number of carbonyl (C=O) groups excluding carboxylic acids is 1. The fourth-order valence-corrected chi connectivity index (χ4v) is 3.33. The molecule has 1 amide bonds. The number of fused-ring (bicyclic) bond motifs is 1. The van der Waals surface area contributed by atoms with Gasteiger partial charge in [-0.3, -0.25) is 4.79 Å². The third-order valence-electron chi connectivity index (χ3n) is 4.50. The first-order valence-corrected chi connectivity index (χ1v) is 7.26. The van der Waals surface area contributed by atoms with E-state index in [-0.39, 0.29) is 5.91 Å². The second-order valence-electron chi connectivity index (χ2n) is 6.12. The van der Waals surface area contributed by atoms with E-state index in [1.807, 2.05) is 18.0 Å². The highest BCUT2D eigenvalue weighted by Gasteiger charge is 2.28. The van der Waals surface area contributed by atoms with Gasteiger partial charge in [-0.05, 0) is 61.3 Å². The molecule has 0 radical (unpaired) electrons. The Morgan fingerprint density at radius 3 is 2.79 bits per heavy atom. The van der Waals surface area contributed by atoms with E-state index in [0.29, 0.717) is 12.0 Å². The van der Waals surface area contributed by atoms with Crippen molar-refractivity contribution in [2.75, 3.05) is 13.6 Å². The highest BCUT2D eigenvalue weighted by Crippen LogP contribution is 2.27. The molecule has 1 aromatic carbocycles. The summed E-state index contributed by atoms with van der Waals surface area (Å²) in [4.78, 5) is 14.3. The first kappa shape index (κ1) is 12.7. The zero-order valence-corrected chi connectivity index (χ0v) is 11.6. The molecule has 3 nitrogen and oxygen atoms in total. The van der Waals surface area contributed by atoms with E-state index >= 15 is 0 Å². The number of rotatable bonds is 3. The van der Waals surface area contributed by atoms with Crippen LogP contribution in [0.1, 0.15) is 40.7 Å². The molecule has 0 bridgehead atoms. The number of aryl methyl sites for hydroxylation is 2. The van der Waals surface area contributed by atoms with Gasteiger partial charge < -0.3 is 10.6 Å². The number of nitrogens with zero attached hydrogens (tertiary/aromatic N) is 1.